The van der Waals surface area contributed by atoms with Crippen molar-refractivity contribution < 1.29 is 4.74 Å². The van der Waals surface area contributed by atoms with Gasteiger partial charge in [0.2, 0.25) is 0 Å². The number of hydrogen-bond acceptors (Lipinski definition) is 4. The minimum absolute atomic E-state index is 0.614. The molecule has 0 amide bonds. The molecule has 3 N–H and O–H groups in total. The highest BCUT2D eigenvalue weighted by Crippen LogP contribution is 2.31. The van der Waals surface area contributed by atoms with E-state index in [2.05, 4.69) is 26.2 Å². The maximum Gasteiger partial charge on any atom is 0.144 e. The van der Waals surface area contributed by atoms with E-state index in [-0.39, 0.29) is 0 Å². The van der Waals surface area contributed by atoms with Crippen molar-refractivity contribution in [3.8, 4) is 5.75 Å². The van der Waals surface area contributed by atoms with Gasteiger partial charge in [0.05, 0.1) is 29.2 Å². The molecule has 2 aromatic rings. The Morgan fingerprint density at radius 1 is 1.33 bits per heavy atom. The molecule has 0 saturated heterocycles. The fourth-order valence-corrected chi connectivity index (χ4v) is 2.06. The minimum Gasteiger partial charge on any atom is -0.495 e. The minimum atomic E-state index is 0.614. The van der Waals surface area contributed by atoms with Crippen molar-refractivity contribution in [1.82, 2.24) is 4.98 Å². The number of nitrogens with one attached hydrogen (secondary N) is 1. The lowest BCUT2D eigenvalue weighted by atomic mass is 10.2. The smallest absolute Gasteiger partial charge is 0.144 e. The number of halogens is 1. The summed E-state index contributed by atoms with van der Waals surface area (Å²) in [5, 5.41) is 3.22. The quantitative estimate of drug-likeness (QED) is 0.911. The van der Waals surface area contributed by atoms with Crippen LogP contribution < -0.4 is 15.8 Å². The third kappa shape index (κ3) is 2.73. The van der Waals surface area contributed by atoms with Crippen LogP contribution in [-0.2, 0) is 0 Å². The van der Waals surface area contributed by atoms with E-state index in [1.807, 2.05) is 25.1 Å². The molecule has 0 bridgehead atoms. The van der Waals surface area contributed by atoms with E-state index in [4.69, 9.17) is 10.5 Å². The second-order valence-corrected chi connectivity index (χ2v) is 4.78. The number of aromatic nitrogens is 1. The van der Waals surface area contributed by atoms with Crippen LogP contribution in [-0.4, -0.2) is 12.1 Å². The monoisotopic (exact) mass is 307 g/mol. The lowest BCUT2D eigenvalue weighted by Gasteiger charge is -2.12. The van der Waals surface area contributed by atoms with Gasteiger partial charge < -0.3 is 15.8 Å². The standard InChI is InChI=1S/C13H14BrN3O/c1-8-3-4-12(18-2)11(5-8)17-13-10(14)6-9(15)7-16-13/h3-7H,15H2,1-2H3,(H,16,17). The third-order valence-corrected chi connectivity index (χ3v) is 3.07. The van der Waals surface area contributed by atoms with Crippen molar-refractivity contribution in [2.24, 2.45) is 0 Å². The average molecular weight is 308 g/mol. The summed E-state index contributed by atoms with van der Waals surface area (Å²) in [4.78, 5) is 4.24. The number of pyridine rings is 1. The van der Waals surface area contributed by atoms with Crippen LogP contribution in [0.3, 0.4) is 0 Å². The molecule has 0 fully saturated rings. The lowest BCUT2D eigenvalue weighted by molar-refractivity contribution is 0.416. The number of hydrogen-bond donors (Lipinski definition) is 2. The molecular weight excluding hydrogens is 294 g/mol. The highest BCUT2D eigenvalue weighted by molar-refractivity contribution is 9.10. The molecule has 0 unspecified atom stereocenters. The van der Waals surface area contributed by atoms with Crippen LogP contribution in [0.2, 0.25) is 0 Å². The Labute approximate surface area is 114 Å². The Morgan fingerprint density at radius 2 is 2.11 bits per heavy atom. The summed E-state index contributed by atoms with van der Waals surface area (Å²) in [6, 6.07) is 7.72. The Hall–Kier alpha value is -1.75. The lowest BCUT2D eigenvalue weighted by Crippen LogP contribution is -1.99. The molecular formula is C13H14BrN3O. The molecule has 1 aromatic carbocycles. The molecule has 18 heavy (non-hydrogen) atoms. The Balaban J connectivity index is 2.36. The van der Waals surface area contributed by atoms with Crippen molar-refractivity contribution in [2.45, 2.75) is 6.92 Å². The van der Waals surface area contributed by atoms with Crippen LogP contribution in [0.5, 0.6) is 5.75 Å². The molecule has 0 aliphatic heterocycles. The number of benzene rings is 1. The first-order chi connectivity index (χ1) is 8.60. The SMILES string of the molecule is COc1ccc(C)cc1Nc1ncc(N)cc1Br. The van der Waals surface area contributed by atoms with Crippen LogP contribution in [0.25, 0.3) is 0 Å². The number of methoxy groups -OCH3 is 1. The van der Waals surface area contributed by atoms with Crippen molar-refractivity contribution in [3.63, 3.8) is 0 Å². The number of nitrogen functional groups attached to an aromatic ring is 1. The van der Waals surface area contributed by atoms with E-state index in [0.717, 1.165) is 21.5 Å². The second kappa shape index (κ2) is 5.27. The van der Waals surface area contributed by atoms with Crippen LogP contribution in [0.4, 0.5) is 17.2 Å². The largest absolute Gasteiger partial charge is 0.495 e. The molecule has 5 heteroatoms. The average Bonchev–Trinajstić information content (AvgIpc) is 2.33. The molecule has 4 nitrogen and oxygen atoms in total. The van der Waals surface area contributed by atoms with Gasteiger partial charge in [0, 0.05) is 0 Å². The predicted molar refractivity (Wildman–Crippen MR) is 77.4 cm³/mol. The van der Waals surface area contributed by atoms with E-state index in [1.54, 1.807) is 19.4 Å². The molecule has 94 valence electrons. The fraction of sp³-hybridized carbons (Fsp3) is 0.154. The Morgan fingerprint density at radius 3 is 2.78 bits per heavy atom. The summed E-state index contributed by atoms with van der Waals surface area (Å²) < 4.78 is 6.12. The van der Waals surface area contributed by atoms with Crippen LogP contribution >= 0.6 is 15.9 Å². The van der Waals surface area contributed by atoms with E-state index in [0.29, 0.717) is 11.5 Å². The number of ether oxygens (including phenoxy) is 1. The van der Waals surface area contributed by atoms with Gasteiger partial charge in [-0.25, -0.2) is 4.98 Å². The molecule has 0 spiro atoms. The summed E-state index contributed by atoms with van der Waals surface area (Å²) >= 11 is 3.42. The fourth-order valence-electron chi connectivity index (χ4n) is 1.59. The second-order valence-electron chi connectivity index (χ2n) is 3.93. The molecule has 2 rings (SSSR count). The van der Waals surface area contributed by atoms with Gasteiger partial charge in [0.25, 0.3) is 0 Å². The van der Waals surface area contributed by atoms with Crippen LogP contribution in [0, 0.1) is 6.92 Å². The summed E-state index contributed by atoms with van der Waals surface area (Å²) in [6.07, 6.45) is 1.61. The van der Waals surface area contributed by atoms with Gasteiger partial charge in [-0.1, -0.05) is 6.07 Å². The number of anilines is 3. The summed E-state index contributed by atoms with van der Waals surface area (Å²) in [5.41, 5.74) is 8.28. The van der Waals surface area contributed by atoms with E-state index < -0.39 is 0 Å². The van der Waals surface area contributed by atoms with Gasteiger partial charge in [0.15, 0.2) is 0 Å². The third-order valence-electron chi connectivity index (χ3n) is 2.47. The maximum atomic E-state index is 5.66. The number of nitrogens with zero attached hydrogens (tertiary/aromatic N) is 1. The topological polar surface area (TPSA) is 60.2 Å². The highest BCUT2D eigenvalue weighted by Gasteiger charge is 2.07. The van der Waals surface area contributed by atoms with Gasteiger partial charge in [-0.2, -0.15) is 0 Å². The maximum absolute atomic E-state index is 5.66. The van der Waals surface area contributed by atoms with Gasteiger partial charge in [-0.3, -0.25) is 0 Å². The first-order valence-corrected chi connectivity index (χ1v) is 6.22. The Bertz CT molecular complexity index is 572. The molecule has 0 radical (unpaired) electrons. The van der Waals surface area contributed by atoms with E-state index >= 15 is 0 Å². The summed E-state index contributed by atoms with van der Waals surface area (Å²) in [6.45, 7) is 2.02. The molecule has 1 aromatic heterocycles. The van der Waals surface area contributed by atoms with Crippen molar-refractivity contribution >= 4 is 33.1 Å². The molecule has 1 heterocycles. The van der Waals surface area contributed by atoms with Gasteiger partial charge >= 0.3 is 0 Å². The first kappa shape index (κ1) is 12.7. The molecule has 0 aliphatic carbocycles. The normalized spacial score (nSPS) is 10.2. The first-order valence-electron chi connectivity index (χ1n) is 5.43. The zero-order chi connectivity index (χ0) is 13.1. The van der Waals surface area contributed by atoms with Crippen molar-refractivity contribution in [1.29, 1.82) is 0 Å². The molecule has 0 atom stereocenters. The van der Waals surface area contributed by atoms with E-state index in [1.165, 1.54) is 0 Å². The van der Waals surface area contributed by atoms with Crippen LogP contribution in [0.1, 0.15) is 5.56 Å². The van der Waals surface area contributed by atoms with Gasteiger partial charge in [0.1, 0.15) is 11.6 Å². The van der Waals surface area contributed by atoms with Gasteiger partial charge in [-0.05, 0) is 46.6 Å². The van der Waals surface area contributed by atoms with Crippen molar-refractivity contribution in [3.05, 3.63) is 40.5 Å². The number of rotatable bonds is 3. The summed E-state index contributed by atoms with van der Waals surface area (Å²) in [7, 11) is 1.64. The Kier molecular flexibility index (Phi) is 3.72. The van der Waals surface area contributed by atoms with Gasteiger partial charge in [-0.15, -0.1) is 0 Å². The number of aryl methyl sites for hydroxylation is 1. The highest BCUT2D eigenvalue weighted by atomic mass is 79.9. The summed E-state index contributed by atoms with van der Waals surface area (Å²) in [5.74, 6) is 1.47. The number of nitrogens with two attached hydrogens (primary N) is 1. The predicted octanol–water partition coefficient (Wildman–Crippen LogP) is 3.49. The van der Waals surface area contributed by atoms with E-state index in [9.17, 15) is 0 Å². The molecule has 0 saturated carbocycles. The zero-order valence-corrected chi connectivity index (χ0v) is 11.8. The zero-order valence-electron chi connectivity index (χ0n) is 10.2. The van der Waals surface area contributed by atoms with Crippen molar-refractivity contribution in [2.75, 3.05) is 18.2 Å². The van der Waals surface area contributed by atoms with Crippen LogP contribution in [0.15, 0.2) is 34.9 Å². The molecule has 0 aliphatic rings.